The molecular formula is C13H18N2O3S. The largest absolute Gasteiger partial charge is 0.324 e. The van der Waals surface area contributed by atoms with Crippen LogP contribution >= 0.6 is 0 Å². The number of benzene rings is 1. The van der Waals surface area contributed by atoms with Crippen molar-refractivity contribution in [3.05, 3.63) is 23.8 Å². The first-order valence-electron chi connectivity index (χ1n) is 6.13. The molecule has 1 aromatic rings. The van der Waals surface area contributed by atoms with E-state index < -0.39 is 15.4 Å². The van der Waals surface area contributed by atoms with Crippen molar-refractivity contribution in [1.82, 2.24) is 0 Å². The first-order chi connectivity index (χ1) is 8.72. The zero-order valence-corrected chi connectivity index (χ0v) is 11.9. The molecule has 0 saturated heterocycles. The lowest BCUT2D eigenvalue weighted by Gasteiger charge is -2.36. The molecule has 1 aliphatic carbocycles. The second kappa shape index (κ2) is 4.61. The van der Waals surface area contributed by atoms with Crippen molar-refractivity contribution in [3.8, 4) is 0 Å². The van der Waals surface area contributed by atoms with Crippen molar-refractivity contribution in [2.45, 2.75) is 36.6 Å². The van der Waals surface area contributed by atoms with Crippen LogP contribution in [-0.4, -0.2) is 26.1 Å². The molecule has 1 aromatic carbocycles. The average molecular weight is 282 g/mol. The molecule has 1 fully saturated rings. The molecule has 0 radical (unpaired) electrons. The molecule has 1 saturated carbocycles. The van der Waals surface area contributed by atoms with E-state index in [9.17, 15) is 13.2 Å². The molecule has 1 amide bonds. The Bertz CT molecular complexity index is 619. The SMILES string of the molecule is Cc1ccc(S(C)(=O)=O)cc1NC(=O)C1(N)CCC1. The molecule has 0 heterocycles. The lowest BCUT2D eigenvalue weighted by atomic mass is 9.77. The fourth-order valence-electron chi connectivity index (χ4n) is 2.00. The van der Waals surface area contributed by atoms with Gasteiger partial charge in [0.1, 0.15) is 0 Å². The number of carbonyl (C=O) groups excluding carboxylic acids is 1. The summed E-state index contributed by atoms with van der Waals surface area (Å²) in [5, 5.41) is 2.74. The van der Waals surface area contributed by atoms with Crippen LogP contribution < -0.4 is 11.1 Å². The van der Waals surface area contributed by atoms with Gasteiger partial charge in [0.25, 0.3) is 0 Å². The highest BCUT2D eigenvalue weighted by atomic mass is 32.2. The lowest BCUT2D eigenvalue weighted by molar-refractivity contribution is -0.123. The van der Waals surface area contributed by atoms with E-state index in [0.29, 0.717) is 18.5 Å². The monoisotopic (exact) mass is 282 g/mol. The third kappa shape index (κ3) is 2.79. The molecule has 0 aliphatic heterocycles. The van der Waals surface area contributed by atoms with Crippen LogP contribution in [0.1, 0.15) is 24.8 Å². The maximum Gasteiger partial charge on any atom is 0.244 e. The Balaban J connectivity index is 2.27. The van der Waals surface area contributed by atoms with Gasteiger partial charge in [0.2, 0.25) is 5.91 Å². The molecule has 0 bridgehead atoms. The van der Waals surface area contributed by atoms with E-state index in [4.69, 9.17) is 5.73 Å². The van der Waals surface area contributed by atoms with Gasteiger partial charge in [-0.25, -0.2) is 8.42 Å². The average Bonchev–Trinajstić information content (AvgIpc) is 2.27. The molecule has 1 aliphatic rings. The minimum atomic E-state index is -3.29. The van der Waals surface area contributed by atoms with E-state index in [1.165, 1.54) is 12.1 Å². The van der Waals surface area contributed by atoms with E-state index in [0.717, 1.165) is 18.2 Å². The van der Waals surface area contributed by atoms with Crippen LogP contribution in [0.2, 0.25) is 0 Å². The summed E-state index contributed by atoms with van der Waals surface area (Å²) in [4.78, 5) is 12.2. The Kier molecular flexibility index (Phi) is 3.40. The second-order valence-electron chi connectivity index (χ2n) is 5.21. The van der Waals surface area contributed by atoms with Gasteiger partial charge in [-0.15, -0.1) is 0 Å². The molecule has 2 rings (SSSR count). The Labute approximate surface area is 113 Å². The number of aryl methyl sites for hydroxylation is 1. The highest BCUT2D eigenvalue weighted by Gasteiger charge is 2.40. The van der Waals surface area contributed by atoms with Gasteiger partial charge in [-0.2, -0.15) is 0 Å². The van der Waals surface area contributed by atoms with Crippen LogP contribution in [0.25, 0.3) is 0 Å². The van der Waals surface area contributed by atoms with Crippen molar-refractivity contribution in [3.63, 3.8) is 0 Å². The molecule has 0 atom stereocenters. The molecule has 19 heavy (non-hydrogen) atoms. The summed E-state index contributed by atoms with van der Waals surface area (Å²) < 4.78 is 23.0. The predicted octanol–water partition coefficient (Wildman–Crippen LogP) is 1.22. The van der Waals surface area contributed by atoms with Gasteiger partial charge in [-0.3, -0.25) is 4.79 Å². The van der Waals surface area contributed by atoms with E-state index in [2.05, 4.69) is 5.32 Å². The van der Waals surface area contributed by atoms with E-state index in [1.54, 1.807) is 6.07 Å². The molecule has 0 spiro atoms. The van der Waals surface area contributed by atoms with E-state index in [1.807, 2.05) is 6.92 Å². The zero-order valence-electron chi connectivity index (χ0n) is 11.1. The quantitative estimate of drug-likeness (QED) is 0.872. The van der Waals surface area contributed by atoms with Crippen LogP contribution in [0.15, 0.2) is 23.1 Å². The predicted molar refractivity (Wildman–Crippen MR) is 73.7 cm³/mol. The van der Waals surface area contributed by atoms with Gasteiger partial charge in [0.15, 0.2) is 9.84 Å². The number of nitrogens with one attached hydrogen (secondary N) is 1. The summed E-state index contributed by atoms with van der Waals surface area (Å²) >= 11 is 0. The summed E-state index contributed by atoms with van der Waals surface area (Å²) in [7, 11) is -3.29. The van der Waals surface area contributed by atoms with Gasteiger partial charge in [-0.1, -0.05) is 6.07 Å². The standard InChI is InChI=1S/C13H18N2O3S/c1-9-4-5-10(19(2,17)18)8-11(9)15-12(16)13(14)6-3-7-13/h4-5,8H,3,6-7,14H2,1-2H3,(H,15,16). The number of anilines is 1. The minimum Gasteiger partial charge on any atom is -0.324 e. The molecule has 104 valence electrons. The van der Waals surface area contributed by atoms with Gasteiger partial charge in [0, 0.05) is 11.9 Å². The molecule has 0 unspecified atom stereocenters. The first kappa shape index (κ1) is 14.0. The third-order valence-corrected chi connectivity index (χ3v) is 4.69. The Morgan fingerprint density at radius 1 is 1.37 bits per heavy atom. The van der Waals surface area contributed by atoms with Gasteiger partial charge >= 0.3 is 0 Å². The molecule has 0 aromatic heterocycles. The summed E-state index contributed by atoms with van der Waals surface area (Å²) in [6.45, 7) is 1.81. The summed E-state index contributed by atoms with van der Waals surface area (Å²) in [5.74, 6) is -0.243. The van der Waals surface area contributed by atoms with Crippen molar-refractivity contribution >= 4 is 21.4 Å². The zero-order chi connectivity index (χ0) is 14.3. The van der Waals surface area contributed by atoms with Crippen LogP contribution in [0, 0.1) is 6.92 Å². The number of rotatable bonds is 3. The topological polar surface area (TPSA) is 89.3 Å². The van der Waals surface area contributed by atoms with Crippen molar-refractivity contribution in [2.24, 2.45) is 5.73 Å². The molecule has 3 N–H and O–H groups in total. The first-order valence-corrected chi connectivity index (χ1v) is 8.03. The normalized spacial score (nSPS) is 17.6. The lowest BCUT2D eigenvalue weighted by Crippen LogP contribution is -2.56. The molecular weight excluding hydrogens is 264 g/mol. The summed E-state index contributed by atoms with van der Waals surface area (Å²) in [5.41, 5.74) is 6.45. The second-order valence-corrected chi connectivity index (χ2v) is 7.23. The smallest absolute Gasteiger partial charge is 0.244 e. The van der Waals surface area contributed by atoms with Crippen LogP contribution in [0.4, 0.5) is 5.69 Å². The third-order valence-electron chi connectivity index (χ3n) is 3.58. The summed E-state index contributed by atoms with van der Waals surface area (Å²) in [6, 6.07) is 4.68. The fourth-order valence-corrected chi connectivity index (χ4v) is 2.65. The highest BCUT2D eigenvalue weighted by Crippen LogP contribution is 2.31. The van der Waals surface area contributed by atoms with Gasteiger partial charge in [0.05, 0.1) is 10.4 Å². The van der Waals surface area contributed by atoms with Crippen LogP contribution in [0.5, 0.6) is 0 Å². The summed E-state index contributed by atoms with van der Waals surface area (Å²) in [6.07, 6.45) is 3.43. The number of amides is 1. The van der Waals surface area contributed by atoms with E-state index in [-0.39, 0.29) is 10.8 Å². The van der Waals surface area contributed by atoms with Crippen molar-refractivity contribution in [2.75, 3.05) is 11.6 Å². The Morgan fingerprint density at radius 3 is 2.47 bits per heavy atom. The maximum absolute atomic E-state index is 12.0. The van der Waals surface area contributed by atoms with Crippen molar-refractivity contribution in [1.29, 1.82) is 0 Å². The number of carbonyl (C=O) groups is 1. The highest BCUT2D eigenvalue weighted by molar-refractivity contribution is 7.90. The van der Waals surface area contributed by atoms with Crippen LogP contribution in [-0.2, 0) is 14.6 Å². The molecule has 5 nitrogen and oxygen atoms in total. The minimum absolute atomic E-state index is 0.188. The number of nitrogens with two attached hydrogens (primary N) is 1. The van der Waals surface area contributed by atoms with Gasteiger partial charge in [-0.05, 0) is 43.9 Å². The number of hydrogen-bond acceptors (Lipinski definition) is 4. The van der Waals surface area contributed by atoms with Crippen molar-refractivity contribution < 1.29 is 13.2 Å². The van der Waals surface area contributed by atoms with E-state index >= 15 is 0 Å². The van der Waals surface area contributed by atoms with Crippen LogP contribution in [0.3, 0.4) is 0 Å². The Morgan fingerprint density at radius 2 is 2.00 bits per heavy atom. The fraction of sp³-hybridized carbons (Fsp3) is 0.462. The number of sulfone groups is 1. The maximum atomic E-state index is 12.0. The molecule has 6 heteroatoms. The number of hydrogen-bond donors (Lipinski definition) is 2. The van der Waals surface area contributed by atoms with Gasteiger partial charge < -0.3 is 11.1 Å². The Hall–Kier alpha value is -1.40.